The highest BCUT2D eigenvalue weighted by Crippen LogP contribution is 2.15. The van der Waals surface area contributed by atoms with Crippen LogP contribution < -0.4 is 0 Å². The van der Waals surface area contributed by atoms with E-state index >= 15 is 0 Å². The first-order valence-corrected chi connectivity index (χ1v) is 2.47. The predicted octanol–water partition coefficient (Wildman–Crippen LogP) is 0.982. The second kappa shape index (κ2) is 2.15. The van der Waals surface area contributed by atoms with Crippen LogP contribution in [0.5, 0.6) is 0 Å². The van der Waals surface area contributed by atoms with Gasteiger partial charge in [0.15, 0.2) is 0 Å². The van der Waals surface area contributed by atoms with Gasteiger partial charge in [0.2, 0.25) is 6.29 Å². The van der Waals surface area contributed by atoms with Gasteiger partial charge < -0.3 is 4.74 Å². The molecule has 8 heavy (non-hydrogen) atoms. The summed E-state index contributed by atoms with van der Waals surface area (Å²) in [7, 11) is 0. The van der Waals surface area contributed by atoms with E-state index in [-0.39, 0.29) is 5.92 Å². The molecule has 2 unspecified atom stereocenters. The smallest absolute Gasteiger partial charge is 0.235 e. The summed E-state index contributed by atoms with van der Waals surface area (Å²) in [6.07, 6.45) is 2.85. The minimum atomic E-state index is -0.491. The van der Waals surface area contributed by atoms with Crippen molar-refractivity contribution in [1.82, 2.24) is 0 Å². The molecule has 0 saturated heterocycles. The Bertz CT molecular complexity index is 99.8. The lowest BCUT2D eigenvalue weighted by Crippen LogP contribution is -2.15. The van der Waals surface area contributed by atoms with Gasteiger partial charge in [0.25, 0.3) is 0 Å². The van der Waals surface area contributed by atoms with E-state index in [0.29, 0.717) is 0 Å². The molecule has 0 aliphatic carbocycles. The highest BCUT2D eigenvalue weighted by Gasteiger charge is 2.19. The van der Waals surface area contributed by atoms with Crippen LogP contribution in [0.2, 0.25) is 0 Å². The van der Waals surface area contributed by atoms with Gasteiger partial charge in [-0.1, -0.05) is 6.92 Å². The van der Waals surface area contributed by atoms with Gasteiger partial charge in [-0.15, -0.1) is 0 Å². The fourth-order valence-electron chi connectivity index (χ4n) is 0.582. The molecule has 0 saturated carbocycles. The second-order valence-electron chi connectivity index (χ2n) is 1.80. The Kier molecular flexibility index (Phi) is 1.50. The van der Waals surface area contributed by atoms with Crippen molar-refractivity contribution in [3.05, 3.63) is 12.3 Å². The third-order valence-corrected chi connectivity index (χ3v) is 1.13. The third-order valence-electron chi connectivity index (χ3n) is 1.13. The first-order chi connectivity index (χ1) is 3.84. The zero-order chi connectivity index (χ0) is 5.98. The van der Waals surface area contributed by atoms with Crippen molar-refractivity contribution in [2.75, 3.05) is 0 Å². The van der Waals surface area contributed by atoms with Crippen molar-refractivity contribution in [3.8, 4) is 0 Å². The largest absolute Gasteiger partial charge is 0.469 e. The van der Waals surface area contributed by atoms with Crippen molar-refractivity contribution in [1.29, 1.82) is 0 Å². The number of hydrogen-bond donors (Lipinski definition) is 1. The van der Waals surface area contributed by atoms with Crippen molar-refractivity contribution >= 4 is 0 Å². The van der Waals surface area contributed by atoms with Crippen LogP contribution in [0.4, 0.5) is 0 Å². The summed E-state index contributed by atoms with van der Waals surface area (Å²) < 4.78 is 4.76. The SMILES string of the molecule is CC1C=COC1OO. The summed E-state index contributed by atoms with van der Waals surface area (Å²) >= 11 is 0. The number of hydrogen-bond acceptors (Lipinski definition) is 3. The molecule has 1 rings (SSSR count). The van der Waals surface area contributed by atoms with Crippen molar-refractivity contribution < 1.29 is 14.9 Å². The van der Waals surface area contributed by atoms with Gasteiger partial charge in [-0.2, -0.15) is 4.89 Å². The molecule has 0 amide bonds. The zero-order valence-electron chi connectivity index (χ0n) is 4.57. The molecule has 3 nitrogen and oxygen atoms in total. The second-order valence-corrected chi connectivity index (χ2v) is 1.80. The molecule has 3 heteroatoms. The lowest BCUT2D eigenvalue weighted by Gasteiger charge is -2.08. The Morgan fingerprint density at radius 2 is 2.50 bits per heavy atom. The quantitative estimate of drug-likeness (QED) is 0.410. The topological polar surface area (TPSA) is 38.7 Å². The Hall–Kier alpha value is -0.540. The molecule has 0 aromatic heterocycles. The van der Waals surface area contributed by atoms with Crippen LogP contribution in [0.1, 0.15) is 6.92 Å². The minimum absolute atomic E-state index is 0.153. The van der Waals surface area contributed by atoms with Crippen molar-refractivity contribution in [2.24, 2.45) is 5.92 Å². The van der Waals surface area contributed by atoms with E-state index < -0.39 is 6.29 Å². The lowest BCUT2D eigenvalue weighted by atomic mass is 10.2. The van der Waals surface area contributed by atoms with E-state index in [1.165, 1.54) is 6.26 Å². The maximum absolute atomic E-state index is 8.07. The normalized spacial score (nSPS) is 35.2. The standard InChI is InChI=1S/C5H8O3/c1-4-2-3-7-5(4)8-6/h2-6H,1H3. The molecule has 0 fully saturated rings. The van der Waals surface area contributed by atoms with Crippen LogP contribution >= 0.6 is 0 Å². The van der Waals surface area contributed by atoms with E-state index in [4.69, 9.17) is 9.99 Å². The van der Waals surface area contributed by atoms with Gasteiger partial charge in [0.05, 0.1) is 6.26 Å². The molecule has 0 spiro atoms. The molecule has 0 aromatic rings. The van der Waals surface area contributed by atoms with Gasteiger partial charge in [-0.3, -0.25) is 0 Å². The minimum Gasteiger partial charge on any atom is -0.469 e. The Balaban J connectivity index is 2.38. The molecule has 1 aliphatic heterocycles. The summed E-state index contributed by atoms with van der Waals surface area (Å²) in [5.74, 6) is 0.153. The van der Waals surface area contributed by atoms with E-state index in [9.17, 15) is 0 Å². The van der Waals surface area contributed by atoms with E-state index in [1.54, 1.807) is 0 Å². The molecule has 0 aromatic carbocycles. The highest BCUT2D eigenvalue weighted by molar-refractivity contribution is 4.88. The maximum Gasteiger partial charge on any atom is 0.235 e. The Labute approximate surface area is 47.5 Å². The van der Waals surface area contributed by atoms with E-state index in [2.05, 4.69) is 4.89 Å². The first kappa shape index (κ1) is 5.59. The molecule has 1 aliphatic rings. The summed E-state index contributed by atoms with van der Waals surface area (Å²) in [5, 5.41) is 8.07. The van der Waals surface area contributed by atoms with Crippen LogP contribution in [0.3, 0.4) is 0 Å². The zero-order valence-corrected chi connectivity index (χ0v) is 4.57. The Morgan fingerprint density at radius 3 is 2.75 bits per heavy atom. The first-order valence-electron chi connectivity index (χ1n) is 2.47. The average molecular weight is 116 g/mol. The number of rotatable bonds is 1. The molecule has 46 valence electrons. The molecule has 1 N–H and O–H groups in total. The van der Waals surface area contributed by atoms with Gasteiger partial charge >= 0.3 is 0 Å². The van der Waals surface area contributed by atoms with Crippen molar-refractivity contribution in [2.45, 2.75) is 13.2 Å². The van der Waals surface area contributed by atoms with Crippen LogP contribution in [-0.4, -0.2) is 11.5 Å². The van der Waals surface area contributed by atoms with Gasteiger partial charge in [-0.25, -0.2) is 5.26 Å². The monoisotopic (exact) mass is 116 g/mol. The molecule has 0 radical (unpaired) electrons. The van der Waals surface area contributed by atoms with E-state index in [1.807, 2.05) is 13.0 Å². The summed E-state index contributed by atoms with van der Waals surface area (Å²) in [6, 6.07) is 0. The fourth-order valence-corrected chi connectivity index (χ4v) is 0.582. The van der Waals surface area contributed by atoms with E-state index in [0.717, 1.165) is 0 Å². The number of ether oxygens (including phenoxy) is 1. The van der Waals surface area contributed by atoms with Crippen LogP contribution in [-0.2, 0) is 9.62 Å². The lowest BCUT2D eigenvalue weighted by molar-refractivity contribution is -0.338. The van der Waals surface area contributed by atoms with Gasteiger partial charge in [0.1, 0.15) is 0 Å². The van der Waals surface area contributed by atoms with Crippen molar-refractivity contribution in [3.63, 3.8) is 0 Å². The van der Waals surface area contributed by atoms with Crippen LogP contribution in [0.15, 0.2) is 12.3 Å². The fraction of sp³-hybridized carbons (Fsp3) is 0.600. The van der Waals surface area contributed by atoms with Crippen LogP contribution in [0.25, 0.3) is 0 Å². The van der Waals surface area contributed by atoms with Gasteiger partial charge in [-0.05, 0) is 6.08 Å². The summed E-state index contributed by atoms with van der Waals surface area (Å²) in [5.41, 5.74) is 0. The maximum atomic E-state index is 8.07. The summed E-state index contributed by atoms with van der Waals surface area (Å²) in [6.45, 7) is 1.89. The Morgan fingerprint density at radius 1 is 1.75 bits per heavy atom. The molecular formula is C5H8O3. The van der Waals surface area contributed by atoms with Crippen LogP contribution in [0, 0.1) is 5.92 Å². The summed E-state index contributed by atoms with van der Waals surface area (Å²) in [4.78, 5) is 3.94. The third kappa shape index (κ3) is 0.827. The molecule has 0 bridgehead atoms. The van der Waals surface area contributed by atoms with Gasteiger partial charge in [0, 0.05) is 5.92 Å². The highest BCUT2D eigenvalue weighted by atomic mass is 17.1. The molecular weight excluding hydrogens is 108 g/mol. The molecule has 1 heterocycles. The predicted molar refractivity (Wildman–Crippen MR) is 26.9 cm³/mol. The average Bonchev–Trinajstić information content (AvgIpc) is 2.14. The molecule has 2 atom stereocenters.